The van der Waals surface area contributed by atoms with Crippen LogP contribution in [0, 0.1) is 5.92 Å². The maximum atomic E-state index is 5.58. The lowest BCUT2D eigenvalue weighted by Gasteiger charge is -2.30. The zero-order valence-corrected chi connectivity index (χ0v) is 10.1. The maximum absolute atomic E-state index is 5.58. The van der Waals surface area contributed by atoms with Crippen LogP contribution in [0.3, 0.4) is 0 Å². The molecule has 3 heteroatoms. The molecule has 1 atom stereocenters. The van der Waals surface area contributed by atoms with E-state index in [1.54, 1.807) is 0 Å². The molecule has 0 radical (unpaired) electrons. The average molecular weight is 212 g/mol. The van der Waals surface area contributed by atoms with E-state index in [4.69, 9.17) is 5.73 Å². The molecule has 0 aromatic carbocycles. The second-order valence-electron chi connectivity index (χ2n) is 3.97. The minimum atomic E-state index is 0.513. The summed E-state index contributed by atoms with van der Waals surface area (Å²) in [6.45, 7) is 6.21. The van der Waals surface area contributed by atoms with Crippen LogP contribution in [-0.2, 0) is 0 Å². The summed E-state index contributed by atoms with van der Waals surface area (Å²) in [6.07, 6.45) is 0. The van der Waals surface area contributed by atoms with E-state index in [9.17, 15) is 0 Å². The fraction of sp³-hybridized carbons (Fsp3) is 0.636. The van der Waals surface area contributed by atoms with Gasteiger partial charge in [0.05, 0.1) is 0 Å². The van der Waals surface area contributed by atoms with Gasteiger partial charge in [-0.15, -0.1) is 11.3 Å². The van der Waals surface area contributed by atoms with Crippen molar-refractivity contribution in [3.05, 3.63) is 22.4 Å². The predicted molar refractivity (Wildman–Crippen MR) is 63.6 cm³/mol. The van der Waals surface area contributed by atoms with Gasteiger partial charge in [0.1, 0.15) is 0 Å². The molecule has 0 saturated heterocycles. The Kier molecular flexibility index (Phi) is 4.58. The lowest BCUT2D eigenvalue weighted by molar-refractivity contribution is 0.202. The molecular formula is C11H20N2S. The first-order valence-corrected chi connectivity index (χ1v) is 5.98. The SMILES string of the molecule is CC(C)C(c1cccs1)N(C)CCN. The Bertz CT molecular complexity index is 244. The average Bonchev–Trinajstić information content (AvgIpc) is 2.57. The summed E-state index contributed by atoms with van der Waals surface area (Å²) in [5.41, 5.74) is 5.58. The third-order valence-electron chi connectivity index (χ3n) is 2.42. The van der Waals surface area contributed by atoms with Gasteiger partial charge >= 0.3 is 0 Å². The lowest BCUT2D eigenvalue weighted by Crippen LogP contribution is -2.32. The van der Waals surface area contributed by atoms with Gasteiger partial charge in [-0.3, -0.25) is 4.90 Å². The number of thiophene rings is 1. The van der Waals surface area contributed by atoms with Crippen LogP contribution < -0.4 is 5.73 Å². The van der Waals surface area contributed by atoms with Crippen molar-refractivity contribution in [3.63, 3.8) is 0 Å². The molecule has 0 bridgehead atoms. The minimum absolute atomic E-state index is 0.513. The normalized spacial score (nSPS) is 13.9. The van der Waals surface area contributed by atoms with Gasteiger partial charge in [-0.2, -0.15) is 0 Å². The van der Waals surface area contributed by atoms with Crippen LogP contribution in [0.25, 0.3) is 0 Å². The molecule has 0 aliphatic heterocycles. The third-order valence-corrected chi connectivity index (χ3v) is 3.37. The molecule has 1 heterocycles. The summed E-state index contributed by atoms with van der Waals surface area (Å²) in [6, 6.07) is 4.84. The Labute approximate surface area is 90.7 Å². The highest BCUT2D eigenvalue weighted by Gasteiger charge is 2.20. The first-order valence-electron chi connectivity index (χ1n) is 5.10. The zero-order valence-electron chi connectivity index (χ0n) is 9.23. The highest BCUT2D eigenvalue weighted by atomic mass is 32.1. The molecule has 14 heavy (non-hydrogen) atoms. The highest BCUT2D eigenvalue weighted by molar-refractivity contribution is 7.10. The van der Waals surface area contributed by atoms with Crippen molar-refractivity contribution in [1.29, 1.82) is 0 Å². The van der Waals surface area contributed by atoms with Crippen molar-refractivity contribution in [1.82, 2.24) is 4.90 Å². The van der Waals surface area contributed by atoms with Crippen molar-refractivity contribution in [2.24, 2.45) is 11.7 Å². The molecule has 0 amide bonds. The highest BCUT2D eigenvalue weighted by Crippen LogP contribution is 2.30. The van der Waals surface area contributed by atoms with Crippen LogP contribution in [0.5, 0.6) is 0 Å². The van der Waals surface area contributed by atoms with E-state index in [1.807, 2.05) is 11.3 Å². The lowest BCUT2D eigenvalue weighted by atomic mass is 10.0. The molecule has 1 aromatic heterocycles. The number of nitrogens with two attached hydrogens (primary N) is 1. The molecule has 1 aromatic rings. The Balaban J connectivity index is 2.74. The largest absolute Gasteiger partial charge is 0.329 e. The molecule has 1 unspecified atom stereocenters. The smallest absolute Gasteiger partial charge is 0.0461 e. The van der Waals surface area contributed by atoms with E-state index in [2.05, 4.69) is 43.3 Å². The number of rotatable bonds is 5. The zero-order chi connectivity index (χ0) is 10.6. The van der Waals surface area contributed by atoms with Crippen molar-refractivity contribution < 1.29 is 0 Å². The fourth-order valence-corrected chi connectivity index (χ4v) is 2.92. The van der Waals surface area contributed by atoms with Crippen molar-refractivity contribution in [2.45, 2.75) is 19.9 Å². The van der Waals surface area contributed by atoms with Crippen LogP contribution in [0.4, 0.5) is 0 Å². The molecule has 0 spiro atoms. The Morgan fingerprint density at radius 3 is 2.64 bits per heavy atom. The van der Waals surface area contributed by atoms with Crippen molar-refractivity contribution >= 4 is 11.3 Å². The fourth-order valence-electron chi connectivity index (χ4n) is 1.86. The predicted octanol–water partition coefficient (Wildman–Crippen LogP) is 2.34. The second kappa shape index (κ2) is 5.49. The Morgan fingerprint density at radius 2 is 2.21 bits per heavy atom. The molecule has 0 saturated carbocycles. The van der Waals surface area contributed by atoms with Gasteiger partial charge in [-0.25, -0.2) is 0 Å². The first kappa shape index (κ1) is 11.7. The van der Waals surface area contributed by atoms with Gasteiger partial charge in [0.25, 0.3) is 0 Å². The van der Waals surface area contributed by atoms with E-state index in [1.165, 1.54) is 4.88 Å². The summed E-state index contributed by atoms with van der Waals surface area (Å²) in [4.78, 5) is 3.78. The van der Waals surface area contributed by atoms with Gasteiger partial charge in [0.2, 0.25) is 0 Å². The first-order chi connectivity index (χ1) is 6.66. The van der Waals surface area contributed by atoms with E-state index in [-0.39, 0.29) is 0 Å². The van der Waals surface area contributed by atoms with Crippen LogP contribution in [0.2, 0.25) is 0 Å². The molecule has 2 nitrogen and oxygen atoms in total. The number of hydrogen-bond donors (Lipinski definition) is 1. The molecule has 1 rings (SSSR count). The molecule has 0 aliphatic carbocycles. The quantitative estimate of drug-likeness (QED) is 0.811. The van der Waals surface area contributed by atoms with E-state index < -0.39 is 0 Å². The van der Waals surface area contributed by atoms with Crippen molar-refractivity contribution in [3.8, 4) is 0 Å². The summed E-state index contributed by atoms with van der Waals surface area (Å²) < 4.78 is 0. The summed E-state index contributed by atoms with van der Waals surface area (Å²) in [5.74, 6) is 0.630. The Hall–Kier alpha value is -0.380. The van der Waals surface area contributed by atoms with Crippen LogP contribution >= 0.6 is 11.3 Å². The standard InChI is InChI=1S/C11H20N2S/c1-9(2)11(13(3)7-6-12)10-5-4-8-14-10/h4-5,8-9,11H,6-7,12H2,1-3H3. The summed E-state index contributed by atoms with van der Waals surface area (Å²) in [7, 11) is 2.15. The topological polar surface area (TPSA) is 29.3 Å². The van der Waals surface area contributed by atoms with Crippen LogP contribution in [0.15, 0.2) is 17.5 Å². The summed E-state index contributed by atoms with van der Waals surface area (Å²) in [5, 5.41) is 2.14. The summed E-state index contributed by atoms with van der Waals surface area (Å²) >= 11 is 1.83. The number of likely N-dealkylation sites (N-methyl/N-ethyl adjacent to an activating group) is 1. The number of nitrogens with zero attached hydrogens (tertiary/aromatic N) is 1. The van der Waals surface area contributed by atoms with Crippen LogP contribution in [-0.4, -0.2) is 25.0 Å². The van der Waals surface area contributed by atoms with E-state index in [0.717, 1.165) is 13.1 Å². The number of hydrogen-bond acceptors (Lipinski definition) is 3. The van der Waals surface area contributed by atoms with Gasteiger partial charge in [0, 0.05) is 24.0 Å². The monoisotopic (exact) mass is 212 g/mol. The van der Waals surface area contributed by atoms with E-state index >= 15 is 0 Å². The van der Waals surface area contributed by atoms with Gasteiger partial charge in [0.15, 0.2) is 0 Å². The minimum Gasteiger partial charge on any atom is -0.329 e. The third kappa shape index (κ3) is 2.80. The van der Waals surface area contributed by atoms with E-state index in [0.29, 0.717) is 12.0 Å². The van der Waals surface area contributed by atoms with Gasteiger partial charge < -0.3 is 5.73 Å². The molecule has 80 valence electrons. The molecule has 0 fully saturated rings. The Morgan fingerprint density at radius 1 is 1.50 bits per heavy atom. The molecule has 2 N–H and O–H groups in total. The molecule has 0 aliphatic rings. The van der Waals surface area contributed by atoms with Crippen LogP contribution in [0.1, 0.15) is 24.8 Å². The van der Waals surface area contributed by atoms with Gasteiger partial charge in [-0.1, -0.05) is 19.9 Å². The maximum Gasteiger partial charge on any atom is 0.0461 e. The van der Waals surface area contributed by atoms with Crippen molar-refractivity contribution in [2.75, 3.05) is 20.1 Å². The van der Waals surface area contributed by atoms with Gasteiger partial charge in [-0.05, 0) is 24.4 Å². The second-order valence-corrected chi connectivity index (χ2v) is 4.95. The molecular weight excluding hydrogens is 192 g/mol.